The fourth-order valence-electron chi connectivity index (χ4n) is 1.46. The molecule has 0 spiro atoms. The van der Waals surface area contributed by atoms with Gasteiger partial charge in [0.15, 0.2) is 9.84 Å². The summed E-state index contributed by atoms with van der Waals surface area (Å²) in [7, 11) is -3.30. The SMILES string of the molecule is [CH2]S(=O)(=O)Cc1cccc(-c2cccnc2)n1. The van der Waals surface area contributed by atoms with Gasteiger partial charge < -0.3 is 0 Å². The normalized spacial score (nSPS) is 11.4. The molecule has 1 radical (unpaired) electrons. The Bertz CT molecular complexity index is 609. The lowest BCUT2D eigenvalue weighted by Crippen LogP contribution is -2.01. The number of pyridine rings is 2. The average Bonchev–Trinajstić information content (AvgIpc) is 2.28. The summed E-state index contributed by atoms with van der Waals surface area (Å²) in [4.78, 5) is 8.26. The smallest absolute Gasteiger partial charge is 0.156 e. The van der Waals surface area contributed by atoms with Crippen LogP contribution in [0.2, 0.25) is 0 Å². The van der Waals surface area contributed by atoms with Crippen molar-refractivity contribution in [3.63, 3.8) is 0 Å². The molecule has 17 heavy (non-hydrogen) atoms. The molecule has 0 amide bonds. The number of sulfone groups is 1. The zero-order valence-electron chi connectivity index (χ0n) is 9.07. The highest BCUT2D eigenvalue weighted by Crippen LogP contribution is 2.16. The Labute approximate surface area is 100 Å². The minimum Gasteiger partial charge on any atom is -0.264 e. The Hall–Kier alpha value is -1.75. The number of rotatable bonds is 3. The highest BCUT2D eigenvalue weighted by atomic mass is 32.2. The molecule has 0 atom stereocenters. The van der Waals surface area contributed by atoms with Crippen molar-refractivity contribution >= 4 is 9.84 Å². The predicted octanol–water partition coefficient (Wildman–Crippen LogP) is 1.85. The van der Waals surface area contributed by atoms with Crippen molar-refractivity contribution in [2.75, 3.05) is 0 Å². The van der Waals surface area contributed by atoms with Crippen molar-refractivity contribution in [2.45, 2.75) is 5.75 Å². The van der Waals surface area contributed by atoms with Crippen LogP contribution in [0.15, 0.2) is 42.7 Å². The van der Waals surface area contributed by atoms with Crippen molar-refractivity contribution in [3.05, 3.63) is 54.7 Å². The Kier molecular flexibility index (Phi) is 3.19. The highest BCUT2D eigenvalue weighted by Gasteiger charge is 2.07. The number of hydrogen-bond donors (Lipinski definition) is 0. The quantitative estimate of drug-likeness (QED) is 0.830. The summed E-state index contributed by atoms with van der Waals surface area (Å²) in [6.07, 6.45) is 6.45. The fourth-order valence-corrected chi connectivity index (χ4v) is 2.07. The molecule has 5 heteroatoms. The molecule has 0 aliphatic carbocycles. The zero-order chi connectivity index (χ0) is 12.3. The Balaban J connectivity index is 2.36. The van der Waals surface area contributed by atoms with Crippen LogP contribution in [-0.4, -0.2) is 18.4 Å². The van der Waals surface area contributed by atoms with E-state index in [1.54, 1.807) is 24.5 Å². The van der Waals surface area contributed by atoms with E-state index in [-0.39, 0.29) is 5.75 Å². The Morgan fingerprint density at radius 3 is 2.65 bits per heavy atom. The third-order valence-corrected chi connectivity index (χ3v) is 2.87. The van der Waals surface area contributed by atoms with Crippen LogP contribution in [0, 0.1) is 6.26 Å². The van der Waals surface area contributed by atoms with E-state index < -0.39 is 9.84 Å². The molecule has 2 aromatic rings. The summed E-state index contributed by atoms with van der Waals surface area (Å²) in [5, 5.41) is 0. The van der Waals surface area contributed by atoms with E-state index in [2.05, 4.69) is 16.2 Å². The van der Waals surface area contributed by atoms with Crippen molar-refractivity contribution in [3.8, 4) is 11.3 Å². The highest BCUT2D eigenvalue weighted by molar-refractivity contribution is 7.91. The molecule has 2 rings (SSSR count). The molecular formula is C12H11N2O2S. The molecule has 0 aliphatic rings. The molecule has 87 valence electrons. The van der Waals surface area contributed by atoms with Gasteiger partial charge in [-0.15, -0.1) is 0 Å². The Morgan fingerprint density at radius 2 is 2.00 bits per heavy atom. The lowest BCUT2D eigenvalue weighted by atomic mass is 10.2. The van der Waals surface area contributed by atoms with E-state index in [0.29, 0.717) is 11.4 Å². The van der Waals surface area contributed by atoms with Crippen LogP contribution in [0.4, 0.5) is 0 Å². The summed E-state index contributed by atoms with van der Waals surface area (Å²) >= 11 is 0. The second kappa shape index (κ2) is 4.63. The van der Waals surface area contributed by atoms with Crippen LogP contribution < -0.4 is 0 Å². The molecule has 4 nitrogen and oxygen atoms in total. The molecule has 0 N–H and O–H groups in total. The Morgan fingerprint density at radius 1 is 1.18 bits per heavy atom. The minimum atomic E-state index is -3.30. The van der Waals surface area contributed by atoms with Crippen LogP contribution in [0.25, 0.3) is 11.3 Å². The third kappa shape index (κ3) is 3.35. The molecule has 0 aliphatic heterocycles. The first kappa shape index (κ1) is 11.7. The van der Waals surface area contributed by atoms with E-state index in [0.717, 1.165) is 5.56 Å². The van der Waals surface area contributed by atoms with E-state index in [9.17, 15) is 8.42 Å². The third-order valence-electron chi connectivity index (χ3n) is 2.13. The molecule has 0 saturated carbocycles. The second-order valence-electron chi connectivity index (χ2n) is 3.64. The van der Waals surface area contributed by atoms with Gasteiger partial charge in [0.2, 0.25) is 0 Å². The van der Waals surface area contributed by atoms with Gasteiger partial charge in [-0.1, -0.05) is 6.07 Å². The van der Waals surface area contributed by atoms with Gasteiger partial charge in [0.25, 0.3) is 0 Å². The van der Waals surface area contributed by atoms with Crippen LogP contribution in [0.5, 0.6) is 0 Å². The number of hydrogen-bond acceptors (Lipinski definition) is 4. The minimum absolute atomic E-state index is 0.152. The van der Waals surface area contributed by atoms with Gasteiger partial charge in [-0.3, -0.25) is 9.97 Å². The van der Waals surface area contributed by atoms with Gasteiger partial charge in [-0.2, -0.15) is 0 Å². The summed E-state index contributed by atoms with van der Waals surface area (Å²) in [6, 6.07) is 8.94. The van der Waals surface area contributed by atoms with Gasteiger partial charge in [0.1, 0.15) is 0 Å². The van der Waals surface area contributed by atoms with Gasteiger partial charge in [-0.05, 0) is 24.3 Å². The molecule has 0 saturated heterocycles. The van der Waals surface area contributed by atoms with Gasteiger partial charge in [-0.25, -0.2) is 8.42 Å². The first-order valence-electron chi connectivity index (χ1n) is 4.97. The second-order valence-corrected chi connectivity index (χ2v) is 5.42. The standard InChI is InChI=1S/C12H11N2O2S/c1-17(15,16)9-11-5-2-6-12(14-11)10-4-3-7-13-8-10/h2-8H,1,9H2. The summed E-state index contributed by atoms with van der Waals surface area (Å²) in [6.45, 7) is 0. The number of nitrogens with zero attached hydrogens (tertiary/aromatic N) is 2. The van der Waals surface area contributed by atoms with Gasteiger partial charge in [0.05, 0.1) is 23.4 Å². The molecule has 0 unspecified atom stereocenters. The maximum Gasteiger partial charge on any atom is 0.156 e. The van der Waals surface area contributed by atoms with Gasteiger partial charge >= 0.3 is 0 Å². The van der Waals surface area contributed by atoms with E-state index >= 15 is 0 Å². The lowest BCUT2D eigenvalue weighted by molar-refractivity contribution is 0.603. The summed E-state index contributed by atoms with van der Waals surface area (Å²) < 4.78 is 22.2. The van der Waals surface area contributed by atoms with Crippen LogP contribution >= 0.6 is 0 Å². The van der Waals surface area contributed by atoms with Crippen molar-refractivity contribution in [1.82, 2.24) is 9.97 Å². The molecule has 0 fully saturated rings. The first-order valence-corrected chi connectivity index (χ1v) is 6.79. The predicted molar refractivity (Wildman–Crippen MR) is 65.4 cm³/mol. The topological polar surface area (TPSA) is 59.9 Å². The molecule has 0 bridgehead atoms. The average molecular weight is 247 g/mol. The van der Waals surface area contributed by atoms with Crippen LogP contribution in [0.1, 0.15) is 5.69 Å². The molecule has 2 heterocycles. The van der Waals surface area contributed by atoms with Gasteiger partial charge in [0, 0.05) is 18.0 Å². The maximum absolute atomic E-state index is 11.1. The van der Waals surface area contributed by atoms with E-state index in [4.69, 9.17) is 0 Å². The maximum atomic E-state index is 11.1. The summed E-state index contributed by atoms with van der Waals surface area (Å²) in [5.41, 5.74) is 2.05. The molecular weight excluding hydrogens is 236 g/mol. The van der Waals surface area contributed by atoms with Crippen molar-refractivity contribution in [1.29, 1.82) is 0 Å². The lowest BCUT2D eigenvalue weighted by Gasteiger charge is -2.03. The van der Waals surface area contributed by atoms with Crippen LogP contribution in [-0.2, 0) is 15.6 Å². The fraction of sp³-hybridized carbons (Fsp3) is 0.0833. The largest absolute Gasteiger partial charge is 0.264 e. The van der Waals surface area contributed by atoms with Crippen molar-refractivity contribution < 1.29 is 8.42 Å². The van der Waals surface area contributed by atoms with Crippen molar-refractivity contribution in [2.24, 2.45) is 0 Å². The molecule has 2 aromatic heterocycles. The zero-order valence-corrected chi connectivity index (χ0v) is 9.89. The summed E-state index contributed by atoms with van der Waals surface area (Å²) in [5.74, 6) is -0.152. The monoisotopic (exact) mass is 247 g/mol. The first-order chi connectivity index (χ1) is 8.04. The number of aromatic nitrogens is 2. The molecule has 0 aromatic carbocycles. The van der Waals surface area contributed by atoms with E-state index in [1.165, 1.54) is 0 Å². The van der Waals surface area contributed by atoms with Crippen LogP contribution in [0.3, 0.4) is 0 Å². The van der Waals surface area contributed by atoms with E-state index in [1.807, 2.05) is 18.2 Å².